The van der Waals surface area contributed by atoms with E-state index in [-0.39, 0.29) is 17.9 Å². The molecular formula is C20H21N5O3S. The molecule has 0 spiro atoms. The number of thiazole rings is 1. The third-order valence-corrected chi connectivity index (χ3v) is 5.60. The summed E-state index contributed by atoms with van der Waals surface area (Å²) in [5, 5.41) is 9.10. The summed E-state index contributed by atoms with van der Waals surface area (Å²) in [6.45, 7) is 1.26. The molecule has 0 bridgehead atoms. The second-order valence-corrected chi connectivity index (χ2v) is 7.46. The van der Waals surface area contributed by atoms with Crippen LogP contribution in [0.4, 0.5) is 5.82 Å². The number of likely N-dealkylation sites (tertiary alicyclic amines) is 1. The van der Waals surface area contributed by atoms with Crippen molar-refractivity contribution in [2.45, 2.75) is 18.9 Å². The lowest BCUT2D eigenvalue weighted by atomic mass is 10.0. The number of rotatable bonds is 5. The molecule has 1 N–H and O–H groups in total. The minimum atomic E-state index is -0.203. The Morgan fingerprint density at radius 2 is 1.93 bits per heavy atom. The van der Waals surface area contributed by atoms with E-state index in [9.17, 15) is 9.59 Å². The third kappa shape index (κ3) is 4.14. The van der Waals surface area contributed by atoms with Crippen molar-refractivity contribution in [1.82, 2.24) is 19.7 Å². The summed E-state index contributed by atoms with van der Waals surface area (Å²) in [4.78, 5) is 30.9. The minimum absolute atomic E-state index is 0.0294. The third-order valence-electron chi connectivity index (χ3n) is 5.01. The van der Waals surface area contributed by atoms with Crippen LogP contribution >= 0.6 is 11.3 Å². The number of piperidine rings is 1. The maximum Gasteiger partial charge on any atom is 0.273 e. The van der Waals surface area contributed by atoms with E-state index in [1.165, 1.54) is 11.3 Å². The highest BCUT2D eigenvalue weighted by Crippen LogP contribution is 2.26. The normalized spacial score (nSPS) is 14.6. The number of hydrogen-bond donors (Lipinski definition) is 1. The lowest BCUT2D eigenvalue weighted by molar-refractivity contribution is 0.0686. The molecule has 1 saturated heterocycles. The molecule has 1 fully saturated rings. The number of ether oxygens (including phenoxy) is 1. The number of carbonyl (C=O) groups excluding carboxylic acids is 2. The van der Waals surface area contributed by atoms with Crippen molar-refractivity contribution in [1.29, 1.82) is 0 Å². The molecule has 2 aromatic heterocycles. The fraction of sp³-hybridized carbons (Fsp3) is 0.300. The zero-order chi connectivity index (χ0) is 20.2. The molecule has 0 saturated carbocycles. The number of hydrogen-bond acceptors (Lipinski definition) is 6. The molecule has 8 nitrogen and oxygen atoms in total. The van der Waals surface area contributed by atoms with Gasteiger partial charge in [-0.25, -0.2) is 9.67 Å². The van der Waals surface area contributed by atoms with Crippen molar-refractivity contribution >= 4 is 29.0 Å². The number of amides is 2. The van der Waals surface area contributed by atoms with Gasteiger partial charge in [-0.05, 0) is 37.1 Å². The number of benzene rings is 1. The fourth-order valence-corrected chi connectivity index (χ4v) is 3.95. The van der Waals surface area contributed by atoms with Gasteiger partial charge in [0.15, 0.2) is 0 Å². The highest BCUT2D eigenvalue weighted by atomic mass is 32.1. The molecular weight excluding hydrogens is 390 g/mol. The molecule has 0 unspecified atom stereocenters. The largest absolute Gasteiger partial charge is 0.497 e. The second-order valence-electron chi connectivity index (χ2n) is 6.74. The van der Waals surface area contributed by atoms with Crippen LogP contribution in [-0.2, 0) is 0 Å². The number of aromatic nitrogens is 3. The number of nitrogens with zero attached hydrogens (tertiary/aromatic N) is 4. The van der Waals surface area contributed by atoms with E-state index in [0.717, 1.165) is 12.8 Å². The van der Waals surface area contributed by atoms with Gasteiger partial charge in [-0.3, -0.25) is 9.59 Å². The van der Waals surface area contributed by atoms with Gasteiger partial charge in [-0.2, -0.15) is 5.10 Å². The highest BCUT2D eigenvalue weighted by molar-refractivity contribution is 7.07. The Bertz CT molecular complexity index is 976. The summed E-state index contributed by atoms with van der Waals surface area (Å²) in [6, 6.07) is 8.85. The van der Waals surface area contributed by atoms with Crippen LogP contribution in [0.5, 0.6) is 5.75 Å². The Morgan fingerprint density at radius 1 is 1.17 bits per heavy atom. The summed E-state index contributed by atoms with van der Waals surface area (Å²) in [5.41, 5.74) is 2.71. The summed E-state index contributed by atoms with van der Waals surface area (Å²) in [5.74, 6) is 1.12. The van der Waals surface area contributed by atoms with Crippen LogP contribution < -0.4 is 10.1 Å². The first kappa shape index (κ1) is 19.1. The topological polar surface area (TPSA) is 89.4 Å². The van der Waals surface area contributed by atoms with Gasteiger partial charge >= 0.3 is 0 Å². The van der Waals surface area contributed by atoms with Gasteiger partial charge in [0.1, 0.15) is 17.3 Å². The quantitative estimate of drug-likeness (QED) is 0.697. The first-order valence-corrected chi connectivity index (χ1v) is 10.3. The summed E-state index contributed by atoms with van der Waals surface area (Å²) in [6.07, 6.45) is 3.21. The van der Waals surface area contributed by atoms with Crippen molar-refractivity contribution in [2.24, 2.45) is 0 Å². The van der Waals surface area contributed by atoms with Crippen LogP contribution in [0.2, 0.25) is 0 Å². The molecule has 150 valence electrons. The number of methoxy groups -OCH3 is 1. The first-order valence-electron chi connectivity index (χ1n) is 9.32. The van der Waals surface area contributed by atoms with Crippen molar-refractivity contribution in [2.75, 3.05) is 25.5 Å². The average molecular weight is 411 g/mol. The van der Waals surface area contributed by atoms with E-state index < -0.39 is 0 Å². The Balaban J connectivity index is 1.39. The molecule has 9 heteroatoms. The van der Waals surface area contributed by atoms with E-state index in [4.69, 9.17) is 4.74 Å². The molecule has 3 heterocycles. The van der Waals surface area contributed by atoms with Crippen LogP contribution in [0.3, 0.4) is 0 Å². The van der Waals surface area contributed by atoms with Crippen LogP contribution in [0.1, 0.15) is 39.7 Å². The Hall–Kier alpha value is -3.20. The Labute approximate surface area is 172 Å². The summed E-state index contributed by atoms with van der Waals surface area (Å²) in [7, 11) is 1.59. The monoisotopic (exact) mass is 411 g/mol. The van der Waals surface area contributed by atoms with Gasteiger partial charge in [-0.15, -0.1) is 11.3 Å². The molecule has 2 amide bonds. The highest BCUT2D eigenvalue weighted by Gasteiger charge is 2.27. The number of anilines is 1. The van der Waals surface area contributed by atoms with Crippen molar-refractivity contribution in [3.63, 3.8) is 0 Å². The van der Waals surface area contributed by atoms with Crippen LogP contribution in [-0.4, -0.2) is 51.7 Å². The predicted octanol–water partition coefficient (Wildman–Crippen LogP) is 3.08. The van der Waals surface area contributed by atoms with Crippen LogP contribution in [0.25, 0.3) is 0 Å². The van der Waals surface area contributed by atoms with Gasteiger partial charge in [0.05, 0.1) is 24.9 Å². The standard InChI is InChI=1S/C20H21N5O3S/c1-28-16-4-2-14(3-5-16)19(26)23-18-6-9-22-25(18)15-7-10-24(11-8-15)20(27)17-12-29-13-21-17/h2-6,9,12-13,15H,7-8,10-11H2,1H3,(H,23,26). The summed E-state index contributed by atoms with van der Waals surface area (Å²) < 4.78 is 6.96. The van der Waals surface area contributed by atoms with E-state index in [2.05, 4.69) is 15.4 Å². The molecule has 3 aromatic rings. The maximum absolute atomic E-state index is 12.6. The maximum atomic E-state index is 12.6. The SMILES string of the molecule is COc1ccc(C(=O)Nc2ccnn2C2CCN(C(=O)c3cscn3)CC2)cc1. The Kier molecular flexibility index (Phi) is 5.57. The zero-order valence-electron chi connectivity index (χ0n) is 15.9. The zero-order valence-corrected chi connectivity index (χ0v) is 16.8. The van der Waals surface area contributed by atoms with E-state index in [1.54, 1.807) is 54.5 Å². The van der Waals surface area contributed by atoms with Crippen molar-refractivity contribution in [3.8, 4) is 5.75 Å². The smallest absolute Gasteiger partial charge is 0.273 e. The second kappa shape index (κ2) is 8.44. The predicted molar refractivity (Wildman–Crippen MR) is 109 cm³/mol. The average Bonchev–Trinajstić information content (AvgIpc) is 3.46. The number of nitrogens with one attached hydrogen (secondary N) is 1. The van der Waals surface area contributed by atoms with Crippen molar-refractivity contribution < 1.29 is 14.3 Å². The van der Waals surface area contributed by atoms with Crippen molar-refractivity contribution in [3.05, 3.63) is 58.7 Å². The summed E-state index contributed by atoms with van der Waals surface area (Å²) >= 11 is 1.42. The van der Waals surface area contributed by atoms with Crippen LogP contribution in [0, 0.1) is 0 Å². The van der Waals surface area contributed by atoms with E-state index in [0.29, 0.717) is 35.9 Å². The molecule has 0 atom stereocenters. The van der Waals surface area contributed by atoms with Gasteiger partial charge in [0.2, 0.25) is 0 Å². The van der Waals surface area contributed by atoms with E-state index >= 15 is 0 Å². The van der Waals surface area contributed by atoms with Gasteiger partial charge < -0.3 is 15.0 Å². The van der Waals surface area contributed by atoms with Gasteiger partial charge in [0.25, 0.3) is 11.8 Å². The van der Waals surface area contributed by atoms with E-state index in [1.807, 2.05) is 9.58 Å². The van der Waals surface area contributed by atoms with Crippen LogP contribution in [0.15, 0.2) is 47.4 Å². The van der Waals surface area contributed by atoms with Gasteiger partial charge in [-0.1, -0.05) is 0 Å². The fourth-order valence-electron chi connectivity index (χ4n) is 3.43. The molecule has 29 heavy (non-hydrogen) atoms. The molecule has 1 aliphatic rings. The lowest BCUT2D eigenvalue weighted by Crippen LogP contribution is -2.39. The lowest BCUT2D eigenvalue weighted by Gasteiger charge is -2.32. The minimum Gasteiger partial charge on any atom is -0.497 e. The molecule has 1 aliphatic heterocycles. The molecule has 0 radical (unpaired) electrons. The molecule has 4 rings (SSSR count). The molecule has 0 aliphatic carbocycles. The van der Waals surface area contributed by atoms with Gasteiger partial charge in [0, 0.05) is 30.1 Å². The molecule has 1 aromatic carbocycles. The number of carbonyl (C=O) groups is 2. The first-order chi connectivity index (χ1) is 14.2. The Morgan fingerprint density at radius 3 is 2.59 bits per heavy atom.